The Kier molecular flexibility index (Phi) is 3.63. The summed E-state index contributed by atoms with van der Waals surface area (Å²) in [6.45, 7) is 2.53. The molecule has 2 aromatic rings. The van der Waals surface area contributed by atoms with Crippen LogP contribution in [-0.2, 0) is 13.6 Å². The van der Waals surface area contributed by atoms with Crippen LogP contribution in [0, 0.1) is 5.92 Å². The Morgan fingerprint density at radius 2 is 2.17 bits per heavy atom. The fourth-order valence-electron chi connectivity index (χ4n) is 1.74. The number of imidazole rings is 1. The molecular formula is C10H12BrClN4O2. The van der Waals surface area contributed by atoms with Gasteiger partial charge in [0.15, 0.2) is 15.9 Å². The molecule has 0 aliphatic heterocycles. The summed E-state index contributed by atoms with van der Waals surface area (Å²) in [6.07, 6.45) is 0. The van der Waals surface area contributed by atoms with E-state index in [1.165, 1.54) is 4.57 Å². The number of aromatic amines is 1. The van der Waals surface area contributed by atoms with Crippen LogP contribution in [0.4, 0.5) is 0 Å². The molecule has 2 heterocycles. The van der Waals surface area contributed by atoms with E-state index in [-0.39, 0.29) is 5.92 Å². The van der Waals surface area contributed by atoms with Crippen LogP contribution in [0.2, 0.25) is 0 Å². The Morgan fingerprint density at radius 1 is 1.50 bits per heavy atom. The lowest BCUT2D eigenvalue weighted by molar-refractivity contribution is 0.530. The molecule has 0 radical (unpaired) electrons. The van der Waals surface area contributed by atoms with E-state index in [4.69, 9.17) is 11.6 Å². The molecular weight excluding hydrogens is 323 g/mol. The molecule has 2 rings (SSSR count). The summed E-state index contributed by atoms with van der Waals surface area (Å²) < 4.78 is 3.55. The summed E-state index contributed by atoms with van der Waals surface area (Å²) in [5.74, 6) is 0.674. The minimum absolute atomic E-state index is 0.192. The summed E-state index contributed by atoms with van der Waals surface area (Å²) in [5.41, 5.74) is -0.179. The molecule has 0 bridgehead atoms. The van der Waals surface area contributed by atoms with Crippen molar-refractivity contribution in [2.75, 3.05) is 5.88 Å². The van der Waals surface area contributed by atoms with Crippen LogP contribution in [0.15, 0.2) is 14.3 Å². The Hall–Kier alpha value is -1.08. The highest BCUT2D eigenvalue weighted by Gasteiger charge is 2.16. The van der Waals surface area contributed by atoms with Crippen molar-refractivity contribution >= 4 is 38.7 Å². The summed E-state index contributed by atoms with van der Waals surface area (Å²) in [4.78, 5) is 29.8. The van der Waals surface area contributed by atoms with E-state index in [2.05, 4.69) is 25.9 Å². The molecule has 0 saturated carbocycles. The maximum Gasteiger partial charge on any atom is 0.329 e. The van der Waals surface area contributed by atoms with Gasteiger partial charge in [-0.1, -0.05) is 6.92 Å². The van der Waals surface area contributed by atoms with Gasteiger partial charge in [0.2, 0.25) is 0 Å². The Labute approximate surface area is 116 Å². The lowest BCUT2D eigenvalue weighted by atomic mass is 10.2. The van der Waals surface area contributed by atoms with Crippen LogP contribution in [0.25, 0.3) is 11.2 Å². The zero-order chi connectivity index (χ0) is 13.4. The molecule has 2 aromatic heterocycles. The first-order valence-corrected chi connectivity index (χ1v) is 6.69. The number of aryl methyl sites for hydroxylation is 1. The van der Waals surface area contributed by atoms with Crippen LogP contribution in [0.3, 0.4) is 0 Å². The highest BCUT2D eigenvalue weighted by molar-refractivity contribution is 9.10. The summed E-state index contributed by atoms with van der Waals surface area (Å²) in [7, 11) is 1.56. The topological polar surface area (TPSA) is 72.7 Å². The second-order valence-corrected chi connectivity index (χ2v) is 5.26. The molecule has 0 aliphatic rings. The third-order valence-corrected chi connectivity index (χ3v) is 3.85. The predicted molar refractivity (Wildman–Crippen MR) is 73.2 cm³/mol. The van der Waals surface area contributed by atoms with E-state index in [9.17, 15) is 9.59 Å². The number of H-pyrrole nitrogens is 1. The molecule has 8 heteroatoms. The summed E-state index contributed by atoms with van der Waals surface area (Å²) >= 11 is 9.08. The van der Waals surface area contributed by atoms with E-state index < -0.39 is 11.2 Å². The first-order valence-electron chi connectivity index (χ1n) is 5.36. The molecule has 18 heavy (non-hydrogen) atoms. The highest BCUT2D eigenvalue weighted by Crippen LogP contribution is 2.18. The van der Waals surface area contributed by atoms with Crippen molar-refractivity contribution in [1.29, 1.82) is 0 Å². The number of halogens is 2. The van der Waals surface area contributed by atoms with Crippen LogP contribution in [0.1, 0.15) is 6.92 Å². The minimum Gasteiger partial charge on any atom is -0.312 e. The SMILES string of the molecule is C[C@@H](CCl)Cn1c(Br)nc2c1c(=O)[nH]c(=O)n2C. The van der Waals surface area contributed by atoms with Crippen LogP contribution in [0.5, 0.6) is 0 Å². The van der Waals surface area contributed by atoms with Crippen molar-refractivity contribution in [2.24, 2.45) is 13.0 Å². The monoisotopic (exact) mass is 334 g/mol. The van der Waals surface area contributed by atoms with E-state index in [0.29, 0.717) is 28.3 Å². The molecule has 6 nitrogen and oxygen atoms in total. The molecule has 0 amide bonds. The Balaban J connectivity index is 2.75. The lowest BCUT2D eigenvalue weighted by Gasteiger charge is -2.10. The van der Waals surface area contributed by atoms with Crippen LogP contribution in [-0.4, -0.2) is 25.0 Å². The van der Waals surface area contributed by atoms with Crippen LogP contribution < -0.4 is 11.2 Å². The van der Waals surface area contributed by atoms with Crippen LogP contribution >= 0.6 is 27.5 Å². The largest absolute Gasteiger partial charge is 0.329 e. The maximum absolute atomic E-state index is 11.9. The van der Waals surface area contributed by atoms with Gasteiger partial charge in [0.05, 0.1) is 0 Å². The summed E-state index contributed by atoms with van der Waals surface area (Å²) in [5, 5.41) is 0. The number of nitrogens with one attached hydrogen (secondary N) is 1. The standard InChI is InChI=1S/C10H12BrClN4O2/c1-5(3-12)4-16-6-7(13-9(16)11)15(2)10(18)14-8(6)17/h5H,3-4H2,1-2H3,(H,14,17,18)/t5-/m0/s1. The number of hydrogen-bond acceptors (Lipinski definition) is 3. The second-order valence-electron chi connectivity index (χ2n) is 4.24. The van der Waals surface area contributed by atoms with Gasteiger partial charge in [-0.25, -0.2) is 9.78 Å². The van der Waals surface area contributed by atoms with Gasteiger partial charge in [0, 0.05) is 19.5 Å². The fraction of sp³-hybridized carbons (Fsp3) is 0.500. The molecule has 1 atom stereocenters. The van der Waals surface area contributed by atoms with E-state index in [0.717, 1.165) is 0 Å². The van der Waals surface area contributed by atoms with Gasteiger partial charge in [0.25, 0.3) is 5.56 Å². The number of rotatable bonds is 3. The fourth-order valence-corrected chi connectivity index (χ4v) is 2.32. The van der Waals surface area contributed by atoms with Gasteiger partial charge in [-0.3, -0.25) is 14.3 Å². The van der Waals surface area contributed by atoms with Crippen molar-refractivity contribution in [1.82, 2.24) is 19.1 Å². The van der Waals surface area contributed by atoms with E-state index in [1.54, 1.807) is 11.6 Å². The number of aromatic nitrogens is 4. The van der Waals surface area contributed by atoms with Gasteiger partial charge in [-0.15, -0.1) is 11.6 Å². The average Bonchev–Trinajstić information content (AvgIpc) is 2.64. The molecule has 0 saturated heterocycles. The van der Waals surface area contributed by atoms with Crippen molar-refractivity contribution in [2.45, 2.75) is 13.5 Å². The molecule has 0 aliphatic carbocycles. The third-order valence-electron chi connectivity index (χ3n) is 2.72. The smallest absolute Gasteiger partial charge is 0.312 e. The Bertz CT molecular complexity index is 702. The van der Waals surface area contributed by atoms with Crippen molar-refractivity contribution in [3.05, 3.63) is 25.6 Å². The zero-order valence-electron chi connectivity index (χ0n) is 9.91. The molecule has 0 aromatic carbocycles. The second kappa shape index (κ2) is 4.89. The molecule has 1 N–H and O–H groups in total. The zero-order valence-corrected chi connectivity index (χ0v) is 12.2. The number of hydrogen-bond donors (Lipinski definition) is 1. The minimum atomic E-state index is -0.477. The molecule has 0 unspecified atom stereocenters. The molecule has 0 spiro atoms. The van der Waals surface area contributed by atoms with E-state index in [1.807, 2.05) is 6.92 Å². The van der Waals surface area contributed by atoms with Gasteiger partial charge in [-0.2, -0.15) is 0 Å². The maximum atomic E-state index is 11.9. The van der Waals surface area contributed by atoms with Gasteiger partial charge in [0.1, 0.15) is 0 Å². The first kappa shape index (κ1) is 13.4. The molecule has 0 fully saturated rings. The number of alkyl halides is 1. The third kappa shape index (κ3) is 2.12. The number of nitrogens with zero attached hydrogens (tertiary/aromatic N) is 3. The number of fused-ring (bicyclic) bond motifs is 1. The highest BCUT2D eigenvalue weighted by atomic mass is 79.9. The lowest BCUT2D eigenvalue weighted by Crippen LogP contribution is -2.29. The quantitative estimate of drug-likeness (QED) is 0.673. The van der Waals surface area contributed by atoms with Gasteiger partial charge in [-0.05, 0) is 21.8 Å². The summed E-state index contributed by atoms with van der Waals surface area (Å²) in [6, 6.07) is 0. The van der Waals surface area contributed by atoms with E-state index >= 15 is 0 Å². The molecule has 98 valence electrons. The predicted octanol–water partition coefficient (Wildman–Crippen LogP) is 1.06. The Morgan fingerprint density at radius 3 is 2.78 bits per heavy atom. The van der Waals surface area contributed by atoms with Crippen molar-refractivity contribution < 1.29 is 0 Å². The van der Waals surface area contributed by atoms with Gasteiger partial charge >= 0.3 is 5.69 Å². The van der Waals surface area contributed by atoms with Gasteiger partial charge < -0.3 is 4.57 Å². The van der Waals surface area contributed by atoms with Crippen molar-refractivity contribution in [3.63, 3.8) is 0 Å². The first-order chi connectivity index (χ1) is 8.45. The average molecular weight is 336 g/mol. The van der Waals surface area contributed by atoms with Crippen molar-refractivity contribution in [3.8, 4) is 0 Å². The normalized spacial score (nSPS) is 13.1.